The third kappa shape index (κ3) is 4.08. The summed E-state index contributed by atoms with van der Waals surface area (Å²) in [6.45, 7) is 2.14. The summed E-state index contributed by atoms with van der Waals surface area (Å²) >= 11 is 0. The van der Waals surface area contributed by atoms with E-state index in [-0.39, 0.29) is 0 Å². The molecule has 1 aliphatic rings. The number of para-hydroxylation sites is 2. The molecule has 126 valence electrons. The molecule has 0 spiro atoms. The average molecular weight is 331 g/mol. The molecule has 0 saturated carbocycles. The van der Waals surface area contributed by atoms with Gasteiger partial charge in [-0.3, -0.25) is 0 Å². The summed E-state index contributed by atoms with van der Waals surface area (Å²) in [6, 6.07) is 29.4. The highest BCUT2D eigenvalue weighted by Crippen LogP contribution is 2.34. The molecule has 3 nitrogen and oxygen atoms in total. The molecular formula is C22H21NO2. The van der Waals surface area contributed by atoms with Crippen LogP contribution in [-0.4, -0.2) is 19.3 Å². The van der Waals surface area contributed by atoms with Gasteiger partial charge in [0.15, 0.2) is 0 Å². The summed E-state index contributed by atoms with van der Waals surface area (Å²) in [7, 11) is 0. The largest absolute Gasteiger partial charge is 0.374 e. The van der Waals surface area contributed by atoms with Gasteiger partial charge in [-0.15, -0.1) is 0 Å². The molecule has 0 aliphatic carbocycles. The fourth-order valence-corrected chi connectivity index (χ4v) is 2.82. The highest BCUT2D eigenvalue weighted by Gasteiger charge is 2.22. The fraction of sp³-hybridized carbons (Fsp3) is 0.182. The summed E-state index contributed by atoms with van der Waals surface area (Å²) < 4.78 is 10.8. The molecule has 3 aromatic rings. The predicted molar refractivity (Wildman–Crippen MR) is 101 cm³/mol. The Balaban J connectivity index is 1.56. The van der Waals surface area contributed by atoms with Crippen molar-refractivity contribution in [1.29, 1.82) is 0 Å². The van der Waals surface area contributed by atoms with Gasteiger partial charge < -0.3 is 14.4 Å². The molecular weight excluding hydrogens is 310 g/mol. The van der Waals surface area contributed by atoms with E-state index >= 15 is 0 Å². The van der Waals surface area contributed by atoms with E-state index in [2.05, 4.69) is 77.7 Å². The van der Waals surface area contributed by atoms with Gasteiger partial charge in [0.05, 0.1) is 19.8 Å². The lowest BCUT2D eigenvalue weighted by Crippen LogP contribution is -2.09. The topological polar surface area (TPSA) is 25.0 Å². The lowest BCUT2D eigenvalue weighted by molar-refractivity contribution is 0.104. The molecule has 0 amide bonds. The number of ether oxygens (including phenoxy) is 2. The normalized spacial score (nSPS) is 15.8. The Kier molecular flexibility index (Phi) is 4.77. The monoisotopic (exact) mass is 331 g/mol. The van der Waals surface area contributed by atoms with Crippen molar-refractivity contribution >= 4 is 17.1 Å². The molecule has 4 rings (SSSR count). The zero-order chi connectivity index (χ0) is 16.9. The second-order valence-corrected chi connectivity index (χ2v) is 6.14. The number of benzene rings is 3. The molecule has 0 aromatic heterocycles. The third-order valence-corrected chi connectivity index (χ3v) is 4.20. The zero-order valence-corrected chi connectivity index (χ0v) is 14.0. The van der Waals surface area contributed by atoms with Crippen LogP contribution < -0.4 is 4.90 Å². The van der Waals surface area contributed by atoms with Crippen LogP contribution >= 0.6 is 0 Å². The van der Waals surface area contributed by atoms with Gasteiger partial charge in [0.1, 0.15) is 6.10 Å². The molecule has 0 bridgehead atoms. The van der Waals surface area contributed by atoms with Crippen molar-refractivity contribution in [3.8, 4) is 0 Å². The number of hydrogen-bond donors (Lipinski definition) is 0. The Morgan fingerprint density at radius 1 is 0.760 bits per heavy atom. The number of epoxide rings is 1. The molecule has 1 saturated heterocycles. The quantitative estimate of drug-likeness (QED) is 0.565. The van der Waals surface area contributed by atoms with Crippen molar-refractivity contribution < 1.29 is 9.47 Å². The van der Waals surface area contributed by atoms with E-state index in [1.54, 1.807) is 0 Å². The molecule has 0 N–H and O–H groups in total. The van der Waals surface area contributed by atoms with Crippen LogP contribution in [0.5, 0.6) is 0 Å². The maximum atomic E-state index is 5.67. The van der Waals surface area contributed by atoms with E-state index in [9.17, 15) is 0 Å². The lowest BCUT2D eigenvalue weighted by atomic mass is 10.1. The smallest absolute Gasteiger partial charge is 0.104 e. The van der Waals surface area contributed by atoms with Gasteiger partial charge in [-0.2, -0.15) is 0 Å². The molecule has 3 heteroatoms. The molecule has 3 aromatic carbocycles. The van der Waals surface area contributed by atoms with E-state index in [1.165, 1.54) is 5.56 Å². The van der Waals surface area contributed by atoms with Gasteiger partial charge in [0, 0.05) is 17.1 Å². The number of rotatable bonds is 7. The molecule has 1 unspecified atom stereocenters. The molecule has 1 aliphatic heterocycles. The van der Waals surface area contributed by atoms with Crippen LogP contribution in [0.1, 0.15) is 5.56 Å². The second-order valence-electron chi connectivity index (χ2n) is 6.14. The van der Waals surface area contributed by atoms with Gasteiger partial charge in [-0.25, -0.2) is 0 Å². The standard InChI is InChI=1S/C22H21NO2/c1-3-7-19(8-4-1)23(20-9-5-2-6-10-20)21-13-11-18(12-14-21)15-24-16-22-17-25-22/h1-14,22H,15-17H2. The van der Waals surface area contributed by atoms with Crippen LogP contribution in [0, 0.1) is 0 Å². The van der Waals surface area contributed by atoms with Crippen molar-refractivity contribution in [2.45, 2.75) is 12.7 Å². The minimum atomic E-state index is 0.311. The van der Waals surface area contributed by atoms with Crippen LogP contribution in [0.4, 0.5) is 17.1 Å². The van der Waals surface area contributed by atoms with E-state index in [0.29, 0.717) is 19.3 Å². The van der Waals surface area contributed by atoms with Crippen molar-refractivity contribution in [2.75, 3.05) is 18.1 Å². The SMILES string of the molecule is c1ccc(N(c2ccccc2)c2ccc(COCC3CO3)cc2)cc1. The summed E-state index contributed by atoms with van der Waals surface area (Å²) in [4.78, 5) is 2.25. The Morgan fingerprint density at radius 3 is 1.80 bits per heavy atom. The van der Waals surface area contributed by atoms with Gasteiger partial charge in [0.2, 0.25) is 0 Å². The summed E-state index contributed by atoms with van der Waals surface area (Å²) in [5.74, 6) is 0. The molecule has 0 radical (unpaired) electrons. The molecule has 1 heterocycles. The van der Waals surface area contributed by atoms with E-state index in [4.69, 9.17) is 9.47 Å². The van der Waals surface area contributed by atoms with Crippen molar-refractivity contribution in [2.24, 2.45) is 0 Å². The van der Waals surface area contributed by atoms with Crippen molar-refractivity contribution in [1.82, 2.24) is 0 Å². The Hall–Kier alpha value is -2.62. The van der Waals surface area contributed by atoms with Crippen LogP contribution in [0.25, 0.3) is 0 Å². The van der Waals surface area contributed by atoms with Crippen LogP contribution in [0.3, 0.4) is 0 Å². The first kappa shape index (κ1) is 15.9. The van der Waals surface area contributed by atoms with Crippen molar-refractivity contribution in [3.05, 3.63) is 90.5 Å². The number of anilines is 3. The third-order valence-electron chi connectivity index (χ3n) is 4.20. The van der Waals surface area contributed by atoms with Gasteiger partial charge in [-0.1, -0.05) is 48.5 Å². The summed E-state index contributed by atoms with van der Waals surface area (Å²) in [5.41, 5.74) is 4.59. The molecule has 1 atom stereocenters. The van der Waals surface area contributed by atoms with Gasteiger partial charge >= 0.3 is 0 Å². The van der Waals surface area contributed by atoms with Crippen LogP contribution in [0.2, 0.25) is 0 Å². The van der Waals surface area contributed by atoms with Crippen LogP contribution in [-0.2, 0) is 16.1 Å². The minimum absolute atomic E-state index is 0.311. The zero-order valence-electron chi connectivity index (χ0n) is 14.0. The fourth-order valence-electron chi connectivity index (χ4n) is 2.82. The average Bonchev–Trinajstić information content (AvgIpc) is 3.50. The Bertz CT molecular complexity index is 744. The summed E-state index contributed by atoms with van der Waals surface area (Å²) in [6.07, 6.45) is 0.311. The number of nitrogens with zero attached hydrogens (tertiary/aromatic N) is 1. The molecule has 1 fully saturated rings. The number of hydrogen-bond acceptors (Lipinski definition) is 3. The maximum Gasteiger partial charge on any atom is 0.104 e. The summed E-state index contributed by atoms with van der Waals surface area (Å²) in [5, 5.41) is 0. The first-order valence-electron chi connectivity index (χ1n) is 8.59. The van der Waals surface area contributed by atoms with Crippen molar-refractivity contribution in [3.63, 3.8) is 0 Å². The Labute approximate surface area is 148 Å². The van der Waals surface area contributed by atoms with E-state index in [1.807, 2.05) is 12.1 Å². The van der Waals surface area contributed by atoms with E-state index < -0.39 is 0 Å². The molecule has 25 heavy (non-hydrogen) atoms. The first-order valence-corrected chi connectivity index (χ1v) is 8.59. The second kappa shape index (κ2) is 7.51. The highest BCUT2D eigenvalue weighted by atomic mass is 16.6. The first-order chi connectivity index (χ1) is 12.4. The van der Waals surface area contributed by atoms with Gasteiger partial charge in [0.25, 0.3) is 0 Å². The Morgan fingerprint density at radius 2 is 1.28 bits per heavy atom. The van der Waals surface area contributed by atoms with Crippen LogP contribution in [0.15, 0.2) is 84.9 Å². The minimum Gasteiger partial charge on any atom is -0.374 e. The van der Waals surface area contributed by atoms with Gasteiger partial charge in [-0.05, 0) is 42.0 Å². The maximum absolute atomic E-state index is 5.67. The lowest BCUT2D eigenvalue weighted by Gasteiger charge is -2.25. The predicted octanol–water partition coefficient (Wildman–Crippen LogP) is 5.07. The van der Waals surface area contributed by atoms with E-state index in [0.717, 1.165) is 23.7 Å². The highest BCUT2D eigenvalue weighted by molar-refractivity contribution is 5.76.